The van der Waals surface area contributed by atoms with Crippen molar-refractivity contribution in [2.75, 3.05) is 7.05 Å². The van der Waals surface area contributed by atoms with Gasteiger partial charge in [0.1, 0.15) is 5.75 Å². The highest BCUT2D eigenvalue weighted by Gasteiger charge is 2.13. The highest BCUT2D eigenvalue weighted by Crippen LogP contribution is 2.31. The summed E-state index contributed by atoms with van der Waals surface area (Å²) in [5, 5.41) is 14.2. The molecule has 2 aromatic rings. The van der Waals surface area contributed by atoms with Crippen LogP contribution in [-0.2, 0) is 0 Å². The van der Waals surface area contributed by atoms with Crippen molar-refractivity contribution in [3.8, 4) is 5.75 Å². The Morgan fingerprint density at radius 3 is 2.50 bits per heavy atom. The molecule has 1 amide bonds. The monoisotopic (exact) mass is 215 g/mol. The molecule has 3 heteroatoms. The van der Waals surface area contributed by atoms with Crippen LogP contribution in [0.4, 0.5) is 0 Å². The molecule has 3 nitrogen and oxygen atoms in total. The molecular formula is C13H13NO2. The second-order valence-electron chi connectivity index (χ2n) is 3.71. The van der Waals surface area contributed by atoms with E-state index < -0.39 is 0 Å². The molecule has 0 aliphatic heterocycles. The number of carbonyl (C=O) groups is 1. The number of carbonyl (C=O) groups excluding carboxylic acids is 1. The van der Waals surface area contributed by atoms with Gasteiger partial charge in [-0.3, -0.25) is 4.79 Å². The Bertz CT molecular complexity index is 561. The number of aryl methyl sites for hydroxylation is 1. The summed E-state index contributed by atoms with van der Waals surface area (Å²) >= 11 is 0. The van der Waals surface area contributed by atoms with Gasteiger partial charge >= 0.3 is 0 Å². The van der Waals surface area contributed by atoms with Gasteiger partial charge in [-0.05, 0) is 23.9 Å². The Morgan fingerprint density at radius 2 is 1.88 bits per heavy atom. The van der Waals surface area contributed by atoms with Crippen LogP contribution >= 0.6 is 0 Å². The van der Waals surface area contributed by atoms with Crippen molar-refractivity contribution in [2.24, 2.45) is 0 Å². The van der Waals surface area contributed by atoms with Gasteiger partial charge in [-0.15, -0.1) is 0 Å². The molecule has 2 N–H and O–H groups in total. The predicted molar refractivity (Wildman–Crippen MR) is 63.7 cm³/mol. The minimum atomic E-state index is -0.272. The number of hydrogen-bond donors (Lipinski definition) is 2. The summed E-state index contributed by atoms with van der Waals surface area (Å²) < 4.78 is 0. The van der Waals surface area contributed by atoms with E-state index in [1.54, 1.807) is 13.1 Å². The summed E-state index contributed by atoms with van der Waals surface area (Å²) in [5.41, 5.74) is 1.30. The molecule has 16 heavy (non-hydrogen) atoms. The van der Waals surface area contributed by atoms with Crippen LogP contribution < -0.4 is 5.32 Å². The maximum Gasteiger partial charge on any atom is 0.254 e. The molecule has 2 rings (SSSR count). The van der Waals surface area contributed by atoms with E-state index in [1.165, 1.54) is 0 Å². The van der Waals surface area contributed by atoms with Gasteiger partial charge in [-0.1, -0.05) is 24.3 Å². The minimum absolute atomic E-state index is 0.0422. The molecule has 0 atom stereocenters. The zero-order chi connectivity index (χ0) is 11.7. The van der Waals surface area contributed by atoms with Gasteiger partial charge in [0.2, 0.25) is 0 Å². The smallest absolute Gasteiger partial charge is 0.254 e. The molecule has 0 radical (unpaired) electrons. The Labute approximate surface area is 93.7 Å². The van der Waals surface area contributed by atoms with Crippen LogP contribution in [0.15, 0.2) is 30.3 Å². The average Bonchev–Trinajstić information content (AvgIpc) is 2.33. The normalized spacial score (nSPS) is 10.4. The first-order valence-corrected chi connectivity index (χ1v) is 5.08. The zero-order valence-corrected chi connectivity index (χ0v) is 9.24. The van der Waals surface area contributed by atoms with Crippen molar-refractivity contribution in [1.29, 1.82) is 0 Å². The first kappa shape index (κ1) is 10.5. The third-order valence-electron chi connectivity index (χ3n) is 2.69. The third kappa shape index (κ3) is 1.50. The van der Waals surface area contributed by atoms with Gasteiger partial charge in [0.05, 0.1) is 5.56 Å². The fraction of sp³-hybridized carbons (Fsp3) is 0.154. The molecule has 0 saturated heterocycles. The Hall–Kier alpha value is -2.03. The lowest BCUT2D eigenvalue weighted by atomic mass is 10.00. The number of phenolic OH excluding ortho intramolecular Hbond substituents is 1. The van der Waals surface area contributed by atoms with E-state index in [0.29, 0.717) is 10.9 Å². The Balaban J connectivity index is 2.80. The van der Waals surface area contributed by atoms with E-state index in [4.69, 9.17) is 0 Å². The maximum absolute atomic E-state index is 11.6. The lowest BCUT2D eigenvalue weighted by Gasteiger charge is -2.09. The van der Waals surface area contributed by atoms with Gasteiger partial charge in [0.25, 0.3) is 5.91 Å². The topological polar surface area (TPSA) is 49.3 Å². The third-order valence-corrected chi connectivity index (χ3v) is 2.69. The lowest BCUT2D eigenvalue weighted by molar-refractivity contribution is 0.0960. The average molecular weight is 215 g/mol. The van der Waals surface area contributed by atoms with Gasteiger partial charge in [-0.2, -0.15) is 0 Å². The molecule has 82 valence electrons. The molecule has 0 saturated carbocycles. The van der Waals surface area contributed by atoms with Crippen molar-refractivity contribution >= 4 is 16.7 Å². The SMILES string of the molecule is CNC(=O)c1cc(C)c2ccccc2c1O. The van der Waals surface area contributed by atoms with Crippen LogP contribution in [0.25, 0.3) is 10.8 Å². The van der Waals surface area contributed by atoms with Crippen molar-refractivity contribution in [3.05, 3.63) is 41.5 Å². The number of fused-ring (bicyclic) bond motifs is 1. The quantitative estimate of drug-likeness (QED) is 0.766. The van der Waals surface area contributed by atoms with Gasteiger partial charge < -0.3 is 10.4 Å². The first-order valence-electron chi connectivity index (χ1n) is 5.08. The van der Waals surface area contributed by atoms with Gasteiger partial charge in [0, 0.05) is 12.4 Å². The summed E-state index contributed by atoms with van der Waals surface area (Å²) in [5.74, 6) is -0.230. The number of hydrogen-bond acceptors (Lipinski definition) is 2. The second-order valence-corrected chi connectivity index (χ2v) is 3.71. The zero-order valence-electron chi connectivity index (χ0n) is 9.24. The van der Waals surface area contributed by atoms with Crippen LogP contribution in [0.1, 0.15) is 15.9 Å². The molecule has 0 bridgehead atoms. The molecule has 0 spiro atoms. The largest absolute Gasteiger partial charge is 0.506 e. The molecule has 0 fully saturated rings. The van der Waals surface area contributed by atoms with Crippen molar-refractivity contribution in [1.82, 2.24) is 5.32 Å². The fourth-order valence-electron chi connectivity index (χ4n) is 1.85. The van der Waals surface area contributed by atoms with Crippen LogP contribution in [0.2, 0.25) is 0 Å². The van der Waals surface area contributed by atoms with Crippen LogP contribution in [0.3, 0.4) is 0 Å². The predicted octanol–water partition coefficient (Wildman–Crippen LogP) is 2.21. The van der Waals surface area contributed by atoms with E-state index in [-0.39, 0.29) is 11.7 Å². The summed E-state index contributed by atoms with van der Waals surface area (Å²) in [6.45, 7) is 1.92. The van der Waals surface area contributed by atoms with E-state index >= 15 is 0 Å². The maximum atomic E-state index is 11.6. The summed E-state index contributed by atoms with van der Waals surface area (Å²) in [4.78, 5) is 11.6. The Kier molecular flexibility index (Phi) is 2.52. The summed E-state index contributed by atoms with van der Waals surface area (Å²) in [7, 11) is 1.55. The molecule has 0 unspecified atom stereocenters. The van der Waals surface area contributed by atoms with Crippen molar-refractivity contribution in [3.63, 3.8) is 0 Å². The highest BCUT2D eigenvalue weighted by molar-refractivity contribution is 6.04. The standard InChI is InChI=1S/C13H13NO2/c1-8-7-11(13(16)14-2)12(15)10-6-4-3-5-9(8)10/h3-7,15H,1-2H3,(H,14,16). The van der Waals surface area contributed by atoms with Crippen LogP contribution in [0.5, 0.6) is 5.75 Å². The molecule has 0 heterocycles. The first-order chi connectivity index (χ1) is 7.65. The molecule has 0 aliphatic rings. The van der Waals surface area contributed by atoms with E-state index in [1.807, 2.05) is 31.2 Å². The van der Waals surface area contributed by atoms with E-state index in [2.05, 4.69) is 5.32 Å². The van der Waals surface area contributed by atoms with Crippen LogP contribution in [0, 0.1) is 6.92 Å². The van der Waals surface area contributed by atoms with E-state index in [9.17, 15) is 9.90 Å². The fourth-order valence-corrected chi connectivity index (χ4v) is 1.85. The minimum Gasteiger partial charge on any atom is -0.506 e. The van der Waals surface area contributed by atoms with E-state index in [0.717, 1.165) is 10.9 Å². The van der Waals surface area contributed by atoms with Crippen LogP contribution in [-0.4, -0.2) is 18.1 Å². The number of phenols is 1. The number of nitrogens with one attached hydrogen (secondary N) is 1. The number of aromatic hydroxyl groups is 1. The highest BCUT2D eigenvalue weighted by atomic mass is 16.3. The summed E-state index contributed by atoms with van der Waals surface area (Å²) in [6, 6.07) is 9.20. The molecule has 0 aliphatic carbocycles. The number of benzene rings is 2. The number of rotatable bonds is 1. The van der Waals surface area contributed by atoms with Gasteiger partial charge in [0.15, 0.2) is 0 Å². The molecule has 0 aromatic heterocycles. The van der Waals surface area contributed by atoms with Crippen molar-refractivity contribution < 1.29 is 9.90 Å². The molecular weight excluding hydrogens is 202 g/mol. The van der Waals surface area contributed by atoms with Crippen molar-refractivity contribution in [2.45, 2.75) is 6.92 Å². The summed E-state index contributed by atoms with van der Waals surface area (Å²) in [6.07, 6.45) is 0. The van der Waals surface area contributed by atoms with Gasteiger partial charge in [-0.25, -0.2) is 0 Å². The number of amides is 1. The molecule has 2 aromatic carbocycles. The Morgan fingerprint density at radius 1 is 1.25 bits per heavy atom. The lowest BCUT2D eigenvalue weighted by Crippen LogP contribution is -2.18. The second kappa shape index (κ2) is 3.85.